The molecule has 2 heterocycles. The van der Waals surface area contributed by atoms with Crippen LogP contribution in [0.5, 0.6) is 11.5 Å². The third-order valence-electron chi connectivity index (χ3n) is 5.96. The van der Waals surface area contributed by atoms with Gasteiger partial charge >= 0.3 is 0 Å². The van der Waals surface area contributed by atoms with Crippen molar-refractivity contribution in [2.24, 2.45) is 4.99 Å². The number of para-hydroxylation sites is 1. The molecule has 1 amide bonds. The molecule has 3 aromatic carbocycles. The standard InChI is InChI=1S/C30H25N3O3S/c1-3-18-36-25-12-8-21(9-13-25)19-28-29(34)33(17-16-22-20-31-27-7-5-4-6-26(22)27)30(37-28)32-23-10-14-24(35-2)15-11-23/h1,4-15,19-20,31H,16-18H2,2H3/b28-19+,32-30?. The molecular weight excluding hydrogens is 482 g/mol. The summed E-state index contributed by atoms with van der Waals surface area (Å²) in [5.41, 5.74) is 3.90. The number of amides is 1. The summed E-state index contributed by atoms with van der Waals surface area (Å²) >= 11 is 1.38. The van der Waals surface area contributed by atoms with Crippen molar-refractivity contribution in [3.05, 3.63) is 95.0 Å². The lowest BCUT2D eigenvalue weighted by Gasteiger charge is -2.15. The van der Waals surface area contributed by atoms with E-state index in [4.69, 9.17) is 20.9 Å². The van der Waals surface area contributed by atoms with Crippen LogP contribution in [0.4, 0.5) is 5.69 Å². The summed E-state index contributed by atoms with van der Waals surface area (Å²) in [6, 6.07) is 23.1. The van der Waals surface area contributed by atoms with E-state index in [1.54, 1.807) is 12.0 Å². The van der Waals surface area contributed by atoms with Crippen molar-refractivity contribution >= 4 is 45.5 Å². The second kappa shape index (κ2) is 11.1. The van der Waals surface area contributed by atoms with E-state index in [1.807, 2.05) is 72.9 Å². The maximum atomic E-state index is 13.5. The van der Waals surface area contributed by atoms with Crippen LogP contribution in [0.15, 0.2) is 88.9 Å². The van der Waals surface area contributed by atoms with E-state index >= 15 is 0 Å². The molecule has 0 atom stereocenters. The quantitative estimate of drug-likeness (QED) is 0.233. The van der Waals surface area contributed by atoms with Crippen LogP contribution < -0.4 is 9.47 Å². The highest BCUT2D eigenvalue weighted by atomic mass is 32.2. The number of methoxy groups -OCH3 is 1. The van der Waals surface area contributed by atoms with Gasteiger partial charge in [0.15, 0.2) is 5.17 Å². The smallest absolute Gasteiger partial charge is 0.266 e. The van der Waals surface area contributed by atoms with Crippen LogP contribution in [0.3, 0.4) is 0 Å². The van der Waals surface area contributed by atoms with Crippen molar-refractivity contribution in [2.75, 3.05) is 20.3 Å². The predicted molar refractivity (Wildman–Crippen MR) is 150 cm³/mol. The lowest BCUT2D eigenvalue weighted by atomic mass is 10.1. The molecule has 1 N–H and O–H groups in total. The van der Waals surface area contributed by atoms with Crippen LogP contribution >= 0.6 is 11.8 Å². The van der Waals surface area contributed by atoms with Crippen molar-refractivity contribution in [1.82, 2.24) is 9.88 Å². The molecule has 1 aromatic heterocycles. The Kier molecular flexibility index (Phi) is 7.29. The van der Waals surface area contributed by atoms with E-state index < -0.39 is 0 Å². The van der Waals surface area contributed by atoms with Gasteiger partial charge in [-0.05, 0) is 77.9 Å². The number of amidine groups is 1. The maximum Gasteiger partial charge on any atom is 0.266 e. The van der Waals surface area contributed by atoms with Gasteiger partial charge in [-0.15, -0.1) is 6.42 Å². The van der Waals surface area contributed by atoms with Crippen LogP contribution in [0.2, 0.25) is 0 Å². The Morgan fingerprint density at radius 3 is 2.57 bits per heavy atom. The van der Waals surface area contributed by atoms with Crippen LogP contribution in [-0.4, -0.2) is 41.2 Å². The van der Waals surface area contributed by atoms with E-state index in [0.717, 1.165) is 28.1 Å². The van der Waals surface area contributed by atoms with E-state index in [2.05, 4.69) is 23.0 Å². The zero-order chi connectivity index (χ0) is 25.6. The number of nitrogens with zero attached hydrogens (tertiary/aromatic N) is 2. The second-order valence-electron chi connectivity index (χ2n) is 8.33. The molecule has 0 radical (unpaired) electrons. The number of hydrogen-bond donors (Lipinski definition) is 1. The molecule has 0 bridgehead atoms. The SMILES string of the molecule is C#CCOc1ccc(/C=C2/SC(=Nc3ccc(OC)cc3)N(CCc3c[nH]c4ccccc34)C2=O)cc1. The van der Waals surface area contributed by atoms with Gasteiger partial charge in [-0.1, -0.05) is 36.3 Å². The first-order valence-electron chi connectivity index (χ1n) is 11.8. The molecule has 4 aromatic rings. The average molecular weight is 508 g/mol. The summed E-state index contributed by atoms with van der Waals surface area (Å²) in [6.45, 7) is 0.726. The minimum absolute atomic E-state index is 0.0650. The molecule has 184 valence electrons. The molecule has 0 aliphatic carbocycles. The highest BCUT2D eigenvalue weighted by Crippen LogP contribution is 2.35. The number of ether oxygens (including phenoxy) is 2. The van der Waals surface area contributed by atoms with Gasteiger partial charge in [0, 0.05) is 23.6 Å². The number of nitrogens with one attached hydrogen (secondary N) is 1. The zero-order valence-corrected chi connectivity index (χ0v) is 21.1. The maximum absolute atomic E-state index is 13.5. The first-order valence-corrected chi connectivity index (χ1v) is 12.6. The van der Waals surface area contributed by atoms with Gasteiger partial charge in [-0.3, -0.25) is 9.69 Å². The van der Waals surface area contributed by atoms with Crippen molar-refractivity contribution in [1.29, 1.82) is 0 Å². The summed E-state index contributed by atoms with van der Waals surface area (Å²) in [4.78, 5) is 24.0. The Labute approximate surface area is 220 Å². The van der Waals surface area contributed by atoms with E-state index in [0.29, 0.717) is 28.8 Å². The fourth-order valence-electron chi connectivity index (χ4n) is 4.06. The lowest BCUT2D eigenvalue weighted by Crippen LogP contribution is -2.31. The van der Waals surface area contributed by atoms with E-state index in [1.165, 1.54) is 17.1 Å². The molecule has 1 aliphatic heterocycles. The highest BCUT2D eigenvalue weighted by molar-refractivity contribution is 8.18. The first-order chi connectivity index (χ1) is 18.1. The number of carbonyl (C=O) groups is 1. The molecule has 37 heavy (non-hydrogen) atoms. The fourth-order valence-corrected chi connectivity index (χ4v) is 5.09. The van der Waals surface area contributed by atoms with E-state index in [-0.39, 0.29) is 12.5 Å². The van der Waals surface area contributed by atoms with Crippen LogP contribution in [0, 0.1) is 12.3 Å². The molecule has 1 saturated heterocycles. The van der Waals surface area contributed by atoms with Gasteiger partial charge < -0.3 is 14.5 Å². The van der Waals surface area contributed by atoms with Crippen LogP contribution in [0.25, 0.3) is 17.0 Å². The topological polar surface area (TPSA) is 66.9 Å². The van der Waals surface area contributed by atoms with E-state index in [9.17, 15) is 4.79 Å². The number of rotatable bonds is 8. The molecule has 0 unspecified atom stereocenters. The Bertz CT molecular complexity index is 1510. The van der Waals surface area contributed by atoms with Gasteiger partial charge in [0.1, 0.15) is 18.1 Å². The first kappa shape index (κ1) is 24.3. The minimum atomic E-state index is -0.0650. The highest BCUT2D eigenvalue weighted by Gasteiger charge is 2.33. The third-order valence-corrected chi connectivity index (χ3v) is 6.97. The Morgan fingerprint density at radius 2 is 1.81 bits per heavy atom. The number of benzene rings is 3. The van der Waals surface area contributed by atoms with Crippen molar-refractivity contribution in [2.45, 2.75) is 6.42 Å². The number of fused-ring (bicyclic) bond motifs is 1. The second-order valence-corrected chi connectivity index (χ2v) is 9.34. The third kappa shape index (κ3) is 5.55. The number of aliphatic imine (C=N–C) groups is 1. The molecule has 7 heteroatoms. The molecule has 5 rings (SSSR count). The summed E-state index contributed by atoms with van der Waals surface area (Å²) in [5.74, 6) is 3.83. The van der Waals surface area contributed by atoms with Gasteiger partial charge in [0.25, 0.3) is 5.91 Å². The number of aromatic nitrogens is 1. The number of aromatic amines is 1. The number of H-pyrrole nitrogens is 1. The molecule has 0 saturated carbocycles. The Morgan fingerprint density at radius 1 is 1.05 bits per heavy atom. The molecule has 0 spiro atoms. The van der Waals surface area contributed by atoms with Crippen molar-refractivity contribution in [3.8, 4) is 23.8 Å². The Hall–Kier alpha value is -4.41. The number of carbonyl (C=O) groups excluding carboxylic acids is 1. The number of terminal acetylenes is 1. The summed E-state index contributed by atoms with van der Waals surface area (Å²) in [7, 11) is 1.63. The Balaban J connectivity index is 1.41. The molecule has 1 fully saturated rings. The summed E-state index contributed by atoms with van der Waals surface area (Å²) < 4.78 is 10.7. The van der Waals surface area contributed by atoms with Gasteiger partial charge in [0.2, 0.25) is 0 Å². The number of hydrogen-bond acceptors (Lipinski definition) is 5. The van der Waals surface area contributed by atoms with Crippen molar-refractivity contribution in [3.63, 3.8) is 0 Å². The zero-order valence-electron chi connectivity index (χ0n) is 20.3. The van der Waals surface area contributed by atoms with Gasteiger partial charge in [-0.25, -0.2) is 4.99 Å². The molecular formula is C30H25N3O3S. The summed E-state index contributed by atoms with van der Waals surface area (Å²) in [5, 5.41) is 1.81. The average Bonchev–Trinajstić information content (AvgIpc) is 3.47. The molecule has 1 aliphatic rings. The lowest BCUT2D eigenvalue weighted by molar-refractivity contribution is -0.122. The number of thioether (sulfide) groups is 1. The van der Waals surface area contributed by atoms with Gasteiger partial charge in [-0.2, -0.15) is 0 Å². The fraction of sp³-hybridized carbons (Fsp3) is 0.133. The summed E-state index contributed by atoms with van der Waals surface area (Å²) in [6.07, 6.45) is 9.86. The monoisotopic (exact) mass is 507 g/mol. The van der Waals surface area contributed by atoms with Gasteiger partial charge in [0.05, 0.1) is 17.7 Å². The minimum Gasteiger partial charge on any atom is -0.497 e. The predicted octanol–water partition coefficient (Wildman–Crippen LogP) is 6.04. The van der Waals surface area contributed by atoms with Crippen LogP contribution in [-0.2, 0) is 11.2 Å². The van der Waals surface area contributed by atoms with Crippen LogP contribution in [0.1, 0.15) is 11.1 Å². The largest absolute Gasteiger partial charge is 0.497 e. The molecule has 6 nitrogen and oxygen atoms in total. The van der Waals surface area contributed by atoms with Crippen molar-refractivity contribution < 1.29 is 14.3 Å². The normalized spacial score (nSPS) is 15.5.